The molecule has 0 bridgehead atoms. The van der Waals surface area contributed by atoms with Gasteiger partial charge >= 0.3 is 0 Å². The van der Waals surface area contributed by atoms with Gasteiger partial charge < -0.3 is 5.32 Å². The molecule has 3 nitrogen and oxygen atoms in total. The number of amides is 1. The summed E-state index contributed by atoms with van der Waals surface area (Å²) in [5, 5.41) is 3.27. The number of aromatic nitrogens is 1. The number of pyridine rings is 1. The quantitative estimate of drug-likeness (QED) is 0.858. The summed E-state index contributed by atoms with van der Waals surface area (Å²) in [5.41, 5.74) is 1.15. The van der Waals surface area contributed by atoms with Gasteiger partial charge in [0.2, 0.25) is 0 Å². The van der Waals surface area contributed by atoms with E-state index in [1.807, 2.05) is 0 Å². The van der Waals surface area contributed by atoms with Gasteiger partial charge in [-0.25, -0.2) is 4.98 Å². The van der Waals surface area contributed by atoms with Gasteiger partial charge in [-0.15, -0.1) is 0 Å². The van der Waals surface area contributed by atoms with E-state index in [0.29, 0.717) is 16.3 Å². The highest BCUT2D eigenvalue weighted by atomic mass is 79.9. The van der Waals surface area contributed by atoms with Crippen molar-refractivity contribution < 1.29 is 4.79 Å². The van der Waals surface area contributed by atoms with Gasteiger partial charge in [-0.3, -0.25) is 4.79 Å². The summed E-state index contributed by atoms with van der Waals surface area (Å²) in [6.07, 6.45) is 1.58. The summed E-state index contributed by atoms with van der Waals surface area (Å²) >= 11 is 9.04. The predicted molar refractivity (Wildman–Crippen MR) is 71.3 cm³/mol. The molecule has 0 atom stereocenters. The summed E-state index contributed by atoms with van der Waals surface area (Å²) in [4.78, 5) is 15.9. The molecule has 1 amide bonds. The van der Waals surface area contributed by atoms with Crippen molar-refractivity contribution in [1.29, 1.82) is 0 Å². The van der Waals surface area contributed by atoms with E-state index in [1.165, 1.54) is 0 Å². The van der Waals surface area contributed by atoms with Crippen LogP contribution in [0.2, 0.25) is 5.02 Å². The lowest BCUT2D eigenvalue weighted by Gasteiger charge is -2.04. The second-order valence-corrected chi connectivity index (χ2v) is 4.58. The lowest BCUT2D eigenvalue weighted by Crippen LogP contribution is -2.11. The molecular weight excluding hydrogens is 304 g/mol. The van der Waals surface area contributed by atoms with Gasteiger partial charge in [0.05, 0.1) is 11.9 Å². The predicted octanol–water partition coefficient (Wildman–Crippen LogP) is 3.75. The van der Waals surface area contributed by atoms with E-state index in [2.05, 4.69) is 26.2 Å². The van der Waals surface area contributed by atoms with Crippen LogP contribution in [0.3, 0.4) is 0 Å². The fraction of sp³-hybridized carbons (Fsp3) is 0. The van der Waals surface area contributed by atoms with Gasteiger partial charge in [-0.2, -0.15) is 0 Å². The van der Waals surface area contributed by atoms with Crippen LogP contribution < -0.4 is 5.32 Å². The molecule has 0 aliphatic heterocycles. The Labute approximate surface area is 112 Å². The Hall–Kier alpha value is -1.39. The Morgan fingerprint density at radius 2 is 2.12 bits per heavy atom. The van der Waals surface area contributed by atoms with Crippen molar-refractivity contribution >= 4 is 39.1 Å². The minimum absolute atomic E-state index is 0.211. The number of nitrogens with one attached hydrogen (secondary N) is 1. The van der Waals surface area contributed by atoms with Crippen LogP contribution in [0, 0.1) is 0 Å². The molecule has 0 aliphatic carbocycles. The average molecular weight is 312 g/mol. The van der Waals surface area contributed by atoms with E-state index in [4.69, 9.17) is 11.6 Å². The fourth-order valence-electron chi connectivity index (χ4n) is 1.28. The molecule has 1 aromatic heterocycles. The van der Waals surface area contributed by atoms with E-state index < -0.39 is 0 Å². The van der Waals surface area contributed by atoms with Crippen molar-refractivity contribution in [3.05, 3.63) is 57.8 Å². The van der Waals surface area contributed by atoms with Crippen LogP contribution in [0.5, 0.6) is 0 Å². The summed E-state index contributed by atoms with van der Waals surface area (Å²) in [6.45, 7) is 0. The van der Waals surface area contributed by atoms with Gasteiger partial charge in [-0.1, -0.05) is 17.7 Å². The number of anilines is 1. The van der Waals surface area contributed by atoms with E-state index in [9.17, 15) is 4.79 Å². The van der Waals surface area contributed by atoms with Gasteiger partial charge in [0.1, 0.15) is 4.60 Å². The number of hydrogen-bond acceptors (Lipinski definition) is 2. The molecule has 0 aliphatic rings. The van der Waals surface area contributed by atoms with Crippen molar-refractivity contribution in [2.45, 2.75) is 0 Å². The lowest BCUT2D eigenvalue weighted by molar-refractivity contribution is 0.102. The Morgan fingerprint density at radius 3 is 2.76 bits per heavy atom. The number of carbonyl (C=O) groups excluding carboxylic acids is 1. The SMILES string of the molecule is O=C(Nc1ccc(Br)nc1)c1cccc(Cl)c1. The first-order chi connectivity index (χ1) is 8.15. The van der Waals surface area contributed by atoms with Crippen LogP contribution in [-0.2, 0) is 0 Å². The van der Waals surface area contributed by atoms with E-state index in [0.717, 1.165) is 4.60 Å². The monoisotopic (exact) mass is 310 g/mol. The van der Waals surface area contributed by atoms with Gasteiger partial charge in [0.25, 0.3) is 5.91 Å². The van der Waals surface area contributed by atoms with E-state index in [-0.39, 0.29) is 5.91 Å². The van der Waals surface area contributed by atoms with Crippen molar-refractivity contribution in [1.82, 2.24) is 4.98 Å². The highest BCUT2D eigenvalue weighted by Gasteiger charge is 2.06. The maximum atomic E-state index is 11.8. The first-order valence-electron chi connectivity index (χ1n) is 4.83. The summed E-state index contributed by atoms with van der Waals surface area (Å²) in [6, 6.07) is 10.3. The Kier molecular flexibility index (Phi) is 3.76. The maximum Gasteiger partial charge on any atom is 0.255 e. The molecule has 0 saturated heterocycles. The second-order valence-electron chi connectivity index (χ2n) is 3.33. The standard InChI is InChI=1S/C12H8BrClN2O/c13-11-5-4-10(7-15-11)16-12(17)8-2-1-3-9(14)6-8/h1-7H,(H,16,17). The highest BCUT2D eigenvalue weighted by molar-refractivity contribution is 9.10. The van der Waals surface area contributed by atoms with Crippen LogP contribution in [0.25, 0.3) is 0 Å². The third kappa shape index (κ3) is 3.28. The third-order valence-electron chi connectivity index (χ3n) is 2.07. The summed E-state index contributed by atoms with van der Waals surface area (Å²) in [7, 11) is 0. The Balaban J connectivity index is 2.14. The lowest BCUT2D eigenvalue weighted by atomic mass is 10.2. The van der Waals surface area contributed by atoms with Crippen LogP contribution in [0.4, 0.5) is 5.69 Å². The molecule has 5 heteroatoms. The molecule has 1 aromatic carbocycles. The van der Waals surface area contributed by atoms with Crippen LogP contribution >= 0.6 is 27.5 Å². The number of carbonyl (C=O) groups is 1. The Morgan fingerprint density at radius 1 is 1.29 bits per heavy atom. The number of halogens is 2. The number of rotatable bonds is 2. The maximum absolute atomic E-state index is 11.8. The highest BCUT2D eigenvalue weighted by Crippen LogP contribution is 2.14. The fourth-order valence-corrected chi connectivity index (χ4v) is 1.71. The van der Waals surface area contributed by atoms with Gasteiger partial charge in [0, 0.05) is 10.6 Å². The molecule has 0 saturated carbocycles. The van der Waals surface area contributed by atoms with Gasteiger partial charge in [-0.05, 0) is 46.3 Å². The average Bonchev–Trinajstić information content (AvgIpc) is 2.32. The zero-order valence-corrected chi connectivity index (χ0v) is 11.0. The molecule has 1 N–H and O–H groups in total. The zero-order chi connectivity index (χ0) is 12.3. The summed E-state index contributed by atoms with van der Waals surface area (Å²) < 4.78 is 0.721. The van der Waals surface area contributed by atoms with E-state index >= 15 is 0 Å². The molecule has 0 unspecified atom stereocenters. The first-order valence-corrected chi connectivity index (χ1v) is 6.01. The number of nitrogens with zero attached hydrogens (tertiary/aromatic N) is 1. The molecular formula is C12H8BrClN2O. The van der Waals surface area contributed by atoms with Crippen molar-refractivity contribution in [3.63, 3.8) is 0 Å². The normalized spacial score (nSPS) is 10.0. The molecule has 0 radical (unpaired) electrons. The minimum Gasteiger partial charge on any atom is -0.321 e. The molecule has 1 heterocycles. The summed E-state index contributed by atoms with van der Waals surface area (Å²) in [5.74, 6) is -0.211. The van der Waals surface area contributed by atoms with Crippen LogP contribution in [0.1, 0.15) is 10.4 Å². The Bertz CT molecular complexity index is 542. The second kappa shape index (κ2) is 5.29. The van der Waals surface area contributed by atoms with Crippen LogP contribution in [0.15, 0.2) is 47.2 Å². The number of benzene rings is 1. The minimum atomic E-state index is -0.211. The van der Waals surface area contributed by atoms with Crippen molar-refractivity contribution in [2.24, 2.45) is 0 Å². The smallest absolute Gasteiger partial charge is 0.255 e. The topological polar surface area (TPSA) is 42.0 Å². The van der Waals surface area contributed by atoms with E-state index in [1.54, 1.807) is 42.6 Å². The molecule has 0 fully saturated rings. The zero-order valence-electron chi connectivity index (χ0n) is 8.65. The number of hydrogen-bond donors (Lipinski definition) is 1. The third-order valence-corrected chi connectivity index (χ3v) is 2.78. The molecule has 86 valence electrons. The largest absolute Gasteiger partial charge is 0.321 e. The molecule has 2 aromatic rings. The van der Waals surface area contributed by atoms with Crippen LogP contribution in [-0.4, -0.2) is 10.9 Å². The van der Waals surface area contributed by atoms with Crippen molar-refractivity contribution in [2.75, 3.05) is 5.32 Å². The molecule has 0 spiro atoms. The van der Waals surface area contributed by atoms with Gasteiger partial charge in [0.15, 0.2) is 0 Å². The molecule has 17 heavy (non-hydrogen) atoms. The first kappa shape index (κ1) is 12.1. The molecule has 2 rings (SSSR count). The van der Waals surface area contributed by atoms with Crippen molar-refractivity contribution in [3.8, 4) is 0 Å².